The molecule has 0 atom stereocenters. The summed E-state index contributed by atoms with van der Waals surface area (Å²) in [7, 11) is 1.45. The molecule has 1 saturated heterocycles. The molecule has 0 spiro atoms. The van der Waals surface area contributed by atoms with E-state index in [0.717, 1.165) is 10.2 Å². The highest BCUT2D eigenvalue weighted by molar-refractivity contribution is 5.92. The largest absolute Gasteiger partial charge is 0.408 e. The molecule has 1 aromatic carbocycles. The lowest BCUT2D eigenvalue weighted by molar-refractivity contribution is -0.142. The lowest BCUT2D eigenvalue weighted by Crippen LogP contribution is -2.46. The van der Waals surface area contributed by atoms with Crippen molar-refractivity contribution in [3.05, 3.63) is 69.9 Å². The van der Waals surface area contributed by atoms with E-state index in [2.05, 4.69) is 30.3 Å². The Balaban J connectivity index is 1.37. The lowest BCUT2D eigenvalue weighted by atomic mass is 10.0. The molecule has 14 heteroatoms. The van der Waals surface area contributed by atoms with Gasteiger partial charge in [-0.1, -0.05) is 0 Å². The SMILES string of the molecule is CNC(=O)c1ccc(N2CCN(Cc3cc(-c4cnn(CC(F)(F)F)c4)c4nc(C)c(=O)[nH]c4c3)CC2)c(F)n1. The molecule has 1 aliphatic rings. The Labute approximate surface area is 225 Å². The van der Waals surface area contributed by atoms with Gasteiger partial charge in [0.25, 0.3) is 11.5 Å². The number of anilines is 1. The average molecular weight is 559 g/mol. The molecule has 0 radical (unpaired) electrons. The maximum absolute atomic E-state index is 14.6. The van der Waals surface area contributed by atoms with E-state index in [-0.39, 0.29) is 16.9 Å². The summed E-state index contributed by atoms with van der Waals surface area (Å²) in [6.07, 6.45) is -1.76. The molecule has 3 aromatic heterocycles. The van der Waals surface area contributed by atoms with Crippen LogP contribution in [0.3, 0.4) is 0 Å². The fourth-order valence-corrected chi connectivity index (χ4v) is 4.75. The molecule has 0 bridgehead atoms. The van der Waals surface area contributed by atoms with Crippen molar-refractivity contribution >= 4 is 22.6 Å². The van der Waals surface area contributed by atoms with Gasteiger partial charge in [-0.3, -0.25) is 19.2 Å². The van der Waals surface area contributed by atoms with Gasteiger partial charge in [-0.2, -0.15) is 22.7 Å². The van der Waals surface area contributed by atoms with E-state index in [4.69, 9.17) is 0 Å². The molecule has 210 valence electrons. The minimum absolute atomic E-state index is 0.00108. The smallest absolute Gasteiger partial charge is 0.365 e. The van der Waals surface area contributed by atoms with E-state index in [1.807, 2.05) is 11.0 Å². The Morgan fingerprint density at radius 1 is 1.12 bits per heavy atom. The number of aromatic amines is 1. The Kier molecular flexibility index (Phi) is 7.27. The van der Waals surface area contributed by atoms with Crippen LogP contribution in [0.1, 0.15) is 21.7 Å². The van der Waals surface area contributed by atoms with Crippen molar-refractivity contribution in [2.75, 3.05) is 38.1 Å². The summed E-state index contributed by atoms with van der Waals surface area (Å²) >= 11 is 0. The molecule has 1 aliphatic heterocycles. The number of hydrogen-bond donors (Lipinski definition) is 2. The molecule has 4 aromatic rings. The number of halogens is 4. The van der Waals surface area contributed by atoms with Crippen molar-refractivity contribution in [1.29, 1.82) is 0 Å². The number of aromatic nitrogens is 5. The van der Waals surface area contributed by atoms with Crippen molar-refractivity contribution in [3.8, 4) is 11.1 Å². The zero-order chi connectivity index (χ0) is 28.6. The number of piperazine rings is 1. The number of alkyl halides is 3. The monoisotopic (exact) mass is 558 g/mol. The number of rotatable bonds is 6. The molecule has 10 nitrogen and oxygen atoms in total. The van der Waals surface area contributed by atoms with Crippen LogP contribution < -0.4 is 15.8 Å². The maximum atomic E-state index is 14.6. The van der Waals surface area contributed by atoms with Crippen LogP contribution in [0.15, 0.2) is 41.5 Å². The summed E-state index contributed by atoms with van der Waals surface area (Å²) in [5.74, 6) is -1.18. The minimum Gasteiger partial charge on any atom is -0.365 e. The van der Waals surface area contributed by atoms with Crippen LogP contribution in [0.2, 0.25) is 0 Å². The number of fused-ring (bicyclic) bond motifs is 1. The first kappa shape index (κ1) is 27.2. The molecule has 1 amide bonds. The second-order valence-corrected chi connectivity index (χ2v) is 9.58. The van der Waals surface area contributed by atoms with Crippen LogP contribution >= 0.6 is 0 Å². The highest BCUT2D eigenvalue weighted by atomic mass is 19.4. The molecule has 0 saturated carbocycles. The Morgan fingerprint density at radius 3 is 2.55 bits per heavy atom. The van der Waals surface area contributed by atoms with Crippen molar-refractivity contribution < 1.29 is 22.4 Å². The first-order chi connectivity index (χ1) is 19.0. The number of carbonyl (C=O) groups is 1. The summed E-state index contributed by atoms with van der Waals surface area (Å²) in [5.41, 5.74) is 2.96. The zero-order valence-electron chi connectivity index (χ0n) is 21.7. The van der Waals surface area contributed by atoms with Gasteiger partial charge in [0.2, 0.25) is 5.95 Å². The van der Waals surface area contributed by atoms with Crippen LogP contribution in [0.5, 0.6) is 0 Å². The highest BCUT2D eigenvalue weighted by Gasteiger charge is 2.28. The number of nitrogens with zero attached hydrogens (tertiary/aromatic N) is 6. The van der Waals surface area contributed by atoms with Gasteiger partial charge < -0.3 is 15.2 Å². The highest BCUT2D eigenvalue weighted by Crippen LogP contribution is 2.29. The van der Waals surface area contributed by atoms with E-state index in [1.54, 1.807) is 19.1 Å². The molecule has 2 N–H and O–H groups in total. The third-order valence-corrected chi connectivity index (χ3v) is 6.72. The predicted octanol–water partition coefficient (Wildman–Crippen LogP) is 2.87. The van der Waals surface area contributed by atoms with Crippen molar-refractivity contribution in [2.45, 2.75) is 26.2 Å². The first-order valence-corrected chi connectivity index (χ1v) is 12.5. The van der Waals surface area contributed by atoms with Gasteiger partial charge >= 0.3 is 6.18 Å². The second kappa shape index (κ2) is 10.7. The van der Waals surface area contributed by atoms with Gasteiger partial charge in [-0.15, -0.1) is 0 Å². The Bertz CT molecular complexity index is 1620. The number of carbonyl (C=O) groups excluding carboxylic acids is 1. The molecule has 0 unspecified atom stereocenters. The number of benzene rings is 1. The standard InChI is InChI=1S/C26H26F4N8O2/c1-15-24(39)35-20-10-16(9-18(22(20)33-15)17-11-32-38(13-17)14-26(28,29)30)12-36-5-7-37(8-6-36)21-4-3-19(25(40)31-2)34-23(21)27/h3-4,9-11,13H,5-8,12,14H2,1-2H3,(H,31,40)(H,35,39). The molecular weight excluding hydrogens is 532 g/mol. The third kappa shape index (κ3) is 5.81. The molecule has 4 heterocycles. The first-order valence-electron chi connectivity index (χ1n) is 12.5. The van der Waals surface area contributed by atoms with Crippen molar-refractivity contribution in [3.63, 3.8) is 0 Å². The molecular formula is C26H26F4N8O2. The number of H-pyrrole nitrogens is 1. The number of hydrogen-bond acceptors (Lipinski definition) is 7. The zero-order valence-corrected chi connectivity index (χ0v) is 21.7. The fraction of sp³-hybridized carbons (Fsp3) is 0.346. The summed E-state index contributed by atoms with van der Waals surface area (Å²) in [5, 5.41) is 6.27. The van der Waals surface area contributed by atoms with Gasteiger partial charge in [-0.05, 0) is 36.8 Å². The maximum Gasteiger partial charge on any atom is 0.408 e. The van der Waals surface area contributed by atoms with Gasteiger partial charge in [0.1, 0.15) is 17.9 Å². The lowest BCUT2D eigenvalue weighted by Gasteiger charge is -2.36. The number of nitrogens with one attached hydrogen (secondary N) is 2. The van der Waals surface area contributed by atoms with Crippen LogP contribution in [0, 0.1) is 12.9 Å². The molecule has 40 heavy (non-hydrogen) atoms. The van der Waals surface area contributed by atoms with Crippen LogP contribution in [0.4, 0.5) is 23.2 Å². The fourth-order valence-electron chi connectivity index (χ4n) is 4.75. The van der Waals surface area contributed by atoms with Gasteiger partial charge in [0, 0.05) is 57.1 Å². The normalized spacial score (nSPS) is 14.6. The van der Waals surface area contributed by atoms with Crippen LogP contribution in [-0.2, 0) is 13.1 Å². The van der Waals surface area contributed by atoms with Crippen molar-refractivity contribution in [1.82, 2.24) is 34.9 Å². The third-order valence-electron chi connectivity index (χ3n) is 6.72. The van der Waals surface area contributed by atoms with E-state index in [0.29, 0.717) is 60.6 Å². The van der Waals surface area contributed by atoms with E-state index in [1.165, 1.54) is 25.5 Å². The van der Waals surface area contributed by atoms with Crippen LogP contribution in [0.25, 0.3) is 22.2 Å². The summed E-state index contributed by atoms with van der Waals surface area (Å²) < 4.78 is 54.1. The summed E-state index contributed by atoms with van der Waals surface area (Å²) in [6, 6.07) is 6.67. The van der Waals surface area contributed by atoms with Gasteiger partial charge in [0.05, 0.1) is 22.9 Å². The molecule has 1 fully saturated rings. The number of pyridine rings is 1. The topological polar surface area (TPSA) is 112 Å². The van der Waals surface area contributed by atoms with Crippen LogP contribution in [-0.4, -0.2) is 74.9 Å². The Hall–Kier alpha value is -4.33. The minimum atomic E-state index is -4.42. The van der Waals surface area contributed by atoms with Gasteiger partial charge in [0.15, 0.2) is 0 Å². The van der Waals surface area contributed by atoms with E-state index < -0.39 is 24.6 Å². The quantitative estimate of drug-likeness (QED) is 0.277. The van der Waals surface area contributed by atoms with E-state index >= 15 is 0 Å². The van der Waals surface area contributed by atoms with E-state index in [9.17, 15) is 27.2 Å². The number of amides is 1. The predicted molar refractivity (Wildman–Crippen MR) is 139 cm³/mol. The van der Waals surface area contributed by atoms with Crippen molar-refractivity contribution in [2.24, 2.45) is 0 Å². The van der Waals surface area contributed by atoms with Gasteiger partial charge in [-0.25, -0.2) is 9.97 Å². The molecule has 5 rings (SSSR count). The second-order valence-electron chi connectivity index (χ2n) is 9.58. The molecule has 0 aliphatic carbocycles. The average Bonchev–Trinajstić information content (AvgIpc) is 3.36. The summed E-state index contributed by atoms with van der Waals surface area (Å²) in [6.45, 7) is 3.04. The summed E-state index contributed by atoms with van der Waals surface area (Å²) in [4.78, 5) is 39.0. The Morgan fingerprint density at radius 2 is 1.88 bits per heavy atom. The number of aryl methyl sites for hydroxylation is 1.